The molecule has 0 saturated heterocycles. The first-order chi connectivity index (χ1) is 5.91. The van der Waals surface area contributed by atoms with Crippen molar-refractivity contribution in [1.29, 1.82) is 0 Å². The SMILES string of the molecule is Cc1cc(C(C)(C)C)c[cH-]1.[Cl][Zr][Cl]. The molecular formula is C10H15Cl2Zr-. The van der Waals surface area contributed by atoms with Gasteiger partial charge in [0.15, 0.2) is 0 Å². The fraction of sp³-hybridized carbons (Fsp3) is 0.500. The Morgan fingerprint density at radius 1 is 1.31 bits per heavy atom. The molecule has 0 nitrogen and oxygen atoms in total. The summed E-state index contributed by atoms with van der Waals surface area (Å²) in [5, 5.41) is 0. The van der Waals surface area contributed by atoms with E-state index in [0.29, 0.717) is 5.41 Å². The van der Waals surface area contributed by atoms with Crippen LogP contribution in [0.4, 0.5) is 0 Å². The van der Waals surface area contributed by atoms with E-state index in [1.54, 1.807) is 0 Å². The number of hydrogen-bond acceptors (Lipinski definition) is 0. The van der Waals surface area contributed by atoms with Gasteiger partial charge in [-0.1, -0.05) is 33.1 Å². The number of aryl methyl sites for hydroxylation is 1. The van der Waals surface area contributed by atoms with Crippen LogP contribution in [0.5, 0.6) is 0 Å². The van der Waals surface area contributed by atoms with E-state index < -0.39 is 20.8 Å². The summed E-state index contributed by atoms with van der Waals surface area (Å²) in [7, 11) is 9.87. The van der Waals surface area contributed by atoms with Crippen LogP contribution in [0.1, 0.15) is 31.9 Å². The topological polar surface area (TPSA) is 0 Å². The van der Waals surface area contributed by atoms with E-state index >= 15 is 0 Å². The molecule has 1 aromatic carbocycles. The Kier molecular flexibility index (Phi) is 6.72. The molecule has 0 radical (unpaired) electrons. The van der Waals surface area contributed by atoms with Gasteiger partial charge in [0.2, 0.25) is 0 Å². The molecule has 3 heteroatoms. The minimum absolute atomic E-state index is 0.314. The number of hydrogen-bond donors (Lipinski definition) is 0. The second-order valence-corrected chi connectivity index (χ2v) is 7.73. The molecular weight excluding hydrogens is 282 g/mol. The average Bonchev–Trinajstić information content (AvgIpc) is 2.35. The predicted octanol–water partition coefficient (Wildman–Crippen LogP) is 4.39. The zero-order chi connectivity index (χ0) is 10.5. The van der Waals surface area contributed by atoms with Gasteiger partial charge in [0.25, 0.3) is 0 Å². The van der Waals surface area contributed by atoms with Crippen LogP contribution >= 0.6 is 17.0 Å². The minimum atomic E-state index is -0.826. The summed E-state index contributed by atoms with van der Waals surface area (Å²) in [5.74, 6) is 0. The van der Waals surface area contributed by atoms with Gasteiger partial charge in [-0.3, -0.25) is 0 Å². The first-order valence-electron chi connectivity index (χ1n) is 4.12. The van der Waals surface area contributed by atoms with Gasteiger partial charge >= 0.3 is 37.9 Å². The molecule has 0 N–H and O–H groups in total. The first-order valence-corrected chi connectivity index (χ1v) is 10.4. The Morgan fingerprint density at radius 3 is 1.92 bits per heavy atom. The van der Waals surface area contributed by atoms with Gasteiger partial charge in [-0.05, 0) is 0 Å². The van der Waals surface area contributed by atoms with Crippen LogP contribution in [-0.2, 0) is 26.3 Å². The standard InChI is InChI=1S/C10H15.2ClH.Zr/c1-8-5-6-9(7-8)10(2,3)4;;;/h5-7H,1-4H3;2*1H;/q-1;;;+2/p-2. The normalized spacial score (nSPS) is 10.3. The number of halogens is 2. The molecule has 0 heterocycles. The van der Waals surface area contributed by atoms with E-state index in [1.165, 1.54) is 11.1 Å². The Hall–Kier alpha value is 0.813. The Labute approximate surface area is 99.7 Å². The van der Waals surface area contributed by atoms with Crippen molar-refractivity contribution in [2.75, 3.05) is 0 Å². The summed E-state index contributed by atoms with van der Waals surface area (Å²) in [4.78, 5) is 0. The molecule has 0 aliphatic heterocycles. The van der Waals surface area contributed by atoms with E-state index in [2.05, 4.69) is 45.9 Å². The fourth-order valence-electron chi connectivity index (χ4n) is 1.03. The molecule has 0 saturated carbocycles. The maximum absolute atomic E-state index is 4.93. The van der Waals surface area contributed by atoms with Gasteiger partial charge in [-0.15, -0.1) is 0 Å². The van der Waals surface area contributed by atoms with E-state index in [9.17, 15) is 0 Å². The maximum atomic E-state index is 4.93. The summed E-state index contributed by atoms with van der Waals surface area (Å²) < 4.78 is 0. The van der Waals surface area contributed by atoms with Gasteiger partial charge in [-0.2, -0.15) is 23.3 Å². The molecule has 0 atom stereocenters. The first kappa shape index (κ1) is 13.8. The molecule has 13 heavy (non-hydrogen) atoms. The zero-order valence-corrected chi connectivity index (χ0v) is 12.5. The van der Waals surface area contributed by atoms with Crippen LogP contribution in [-0.4, -0.2) is 0 Å². The van der Waals surface area contributed by atoms with Crippen LogP contribution in [0.25, 0.3) is 0 Å². The van der Waals surface area contributed by atoms with Crippen LogP contribution in [0.2, 0.25) is 0 Å². The van der Waals surface area contributed by atoms with Crippen molar-refractivity contribution in [3.63, 3.8) is 0 Å². The van der Waals surface area contributed by atoms with Crippen molar-refractivity contribution in [3.05, 3.63) is 29.3 Å². The molecule has 0 amide bonds. The van der Waals surface area contributed by atoms with Crippen molar-refractivity contribution in [2.45, 2.75) is 33.1 Å². The van der Waals surface area contributed by atoms with Crippen molar-refractivity contribution < 1.29 is 20.8 Å². The third-order valence-corrected chi connectivity index (χ3v) is 1.77. The quantitative estimate of drug-likeness (QED) is 0.623. The van der Waals surface area contributed by atoms with Gasteiger partial charge in [-0.25, -0.2) is 6.07 Å². The third kappa shape index (κ3) is 5.99. The molecule has 0 aliphatic rings. The van der Waals surface area contributed by atoms with Crippen LogP contribution in [0.3, 0.4) is 0 Å². The molecule has 0 aliphatic carbocycles. The van der Waals surface area contributed by atoms with Crippen molar-refractivity contribution in [3.8, 4) is 0 Å². The second-order valence-electron chi connectivity index (χ2n) is 4.00. The van der Waals surface area contributed by atoms with E-state index in [1.807, 2.05) is 0 Å². The van der Waals surface area contributed by atoms with E-state index in [4.69, 9.17) is 17.0 Å². The van der Waals surface area contributed by atoms with Crippen molar-refractivity contribution in [2.24, 2.45) is 0 Å². The zero-order valence-electron chi connectivity index (χ0n) is 8.49. The average molecular weight is 297 g/mol. The summed E-state index contributed by atoms with van der Waals surface area (Å²) >= 11 is -0.826. The summed E-state index contributed by atoms with van der Waals surface area (Å²) in [6.45, 7) is 8.85. The van der Waals surface area contributed by atoms with Crippen molar-refractivity contribution in [1.82, 2.24) is 0 Å². The molecule has 1 rings (SSSR count). The van der Waals surface area contributed by atoms with E-state index in [0.717, 1.165) is 0 Å². The molecule has 1 aromatic rings. The van der Waals surface area contributed by atoms with Gasteiger partial charge in [0.1, 0.15) is 0 Å². The van der Waals surface area contributed by atoms with Gasteiger partial charge in [0, 0.05) is 0 Å². The van der Waals surface area contributed by atoms with Gasteiger partial charge in [0.05, 0.1) is 0 Å². The van der Waals surface area contributed by atoms with Crippen LogP contribution < -0.4 is 0 Å². The number of rotatable bonds is 0. The van der Waals surface area contributed by atoms with E-state index in [-0.39, 0.29) is 0 Å². The molecule has 0 spiro atoms. The monoisotopic (exact) mass is 295 g/mol. The molecule has 0 aromatic heterocycles. The van der Waals surface area contributed by atoms with Crippen molar-refractivity contribution >= 4 is 17.0 Å². The molecule has 0 fully saturated rings. The van der Waals surface area contributed by atoms with Gasteiger partial charge < -0.3 is 0 Å². The Balaban J connectivity index is 0.000000424. The summed E-state index contributed by atoms with van der Waals surface area (Å²) in [6, 6.07) is 6.62. The predicted molar refractivity (Wildman–Crippen MR) is 57.2 cm³/mol. The van der Waals surface area contributed by atoms with Crippen LogP contribution in [0.15, 0.2) is 18.2 Å². The Morgan fingerprint density at radius 2 is 1.77 bits per heavy atom. The summed E-state index contributed by atoms with van der Waals surface area (Å²) in [5.41, 5.74) is 3.11. The molecule has 74 valence electrons. The molecule has 0 unspecified atom stereocenters. The summed E-state index contributed by atoms with van der Waals surface area (Å²) in [6.07, 6.45) is 0. The van der Waals surface area contributed by atoms with Crippen LogP contribution in [0, 0.1) is 6.92 Å². The second kappa shape index (κ2) is 6.33. The molecule has 0 bridgehead atoms. The third-order valence-electron chi connectivity index (χ3n) is 1.77. The Bertz CT molecular complexity index is 235. The fourth-order valence-corrected chi connectivity index (χ4v) is 1.03.